The van der Waals surface area contributed by atoms with Crippen molar-refractivity contribution in [1.82, 2.24) is 0 Å². The zero-order valence-corrected chi connectivity index (χ0v) is 12.3. The number of hydrogen-bond acceptors (Lipinski definition) is 4. The van der Waals surface area contributed by atoms with Crippen molar-refractivity contribution >= 4 is 0 Å². The van der Waals surface area contributed by atoms with E-state index in [0.717, 1.165) is 47.8 Å². The zero-order valence-electron chi connectivity index (χ0n) is 12.3. The Balaban J connectivity index is 1.49. The van der Waals surface area contributed by atoms with Crippen LogP contribution in [0.2, 0.25) is 0 Å². The molecule has 22 heavy (non-hydrogen) atoms. The molecule has 2 aliphatic rings. The minimum atomic E-state index is -0.106. The second kappa shape index (κ2) is 5.89. The molecule has 4 rings (SSSR count). The summed E-state index contributed by atoms with van der Waals surface area (Å²) in [4.78, 5) is 0. The van der Waals surface area contributed by atoms with Crippen LogP contribution in [0.3, 0.4) is 0 Å². The molecule has 1 atom stereocenters. The summed E-state index contributed by atoms with van der Waals surface area (Å²) in [6.45, 7) is 1.09. The molecule has 0 N–H and O–H groups in total. The lowest BCUT2D eigenvalue weighted by Crippen LogP contribution is -2.24. The molecule has 114 valence electrons. The molecule has 0 aromatic heterocycles. The Labute approximate surface area is 129 Å². The summed E-state index contributed by atoms with van der Waals surface area (Å²) >= 11 is 0. The van der Waals surface area contributed by atoms with Gasteiger partial charge < -0.3 is 18.9 Å². The minimum Gasteiger partial charge on any atom is -0.465 e. The van der Waals surface area contributed by atoms with Gasteiger partial charge in [-0.05, 0) is 48.2 Å². The summed E-state index contributed by atoms with van der Waals surface area (Å²) < 4.78 is 22.2. The maximum absolute atomic E-state index is 5.85. The Morgan fingerprint density at radius 2 is 1.68 bits per heavy atom. The molecule has 1 unspecified atom stereocenters. The number of ether oxygens (including phenoxy) is 4. The lowest BCUT2D eigenvalue weighted by molar-refractivity contribution is -0.105. The minimum absolute atomic E-state index is 0.106. The van der Waals surface area contributed by atoms with Gasteiger partial charge in [0.1, 0.15) is 5.75 Å². The summed E-state index contributed by atoms with van der Waals surface area (Å²) in [5, 5.41) is 0. The predicted molar refractivity (Wildman–Crippen MR) is 82.2 cm³/mol. The normalized spacial score (nSPS) is 19.9. The first-order valence-electron chi connectivity index (χ1n) is 7.67. The quantitative estimate of drug-likeness (QED) is 0.858. The van der Waals surface area contributed by atoms with Gasteiger partial charge in [0.25, 0.3) is 0 Å². The Kier molecular flexibility index (Phi) is 3.60. The van der Waals surface area contributed by atoms with Crippen molar-refractivity contribution in [2.75, 3.05) is 13.4 Å². The molecule has 1 saturated heterocycles. The SMILES string of the molecule is c1cc(-c2ccc3c(c2)OCO3)ccc1OC1CCCCO1. The Morgan fingerprint density at radius 1 is 0.864 bits per heavy atom. The maximum Gasteiger partial charge on any atom is 0.231 e. The van der Waals surface area contributed by atoms with Gasteiger partial charge in [-0.25, -0.2) is 0 Å². The molecular weight excluding hydrogens is 280 g/mol. The van der Waals surface area contributed by atoms with Gasteiger partial charge in [0, 0.05) is 6.42 Å². The van der Waals surface area contributed by atoms with Gasteiger partial charge >= 0.3 is 0 Å². The van der Waals surface area contributed by atoms with E-state index in [1.807, 2.05) is 30.3 Å². The number of fused-ring (bicyclic) bond motifs is 1. The molecule has 2 heterocycles. The summed E-state index contributed by atoms with van der Waals surface area (Å²) in [6.07, 6.45) is 3.15. The van der Waals surface area contributed by atoms with Crippen LogP contribution in [-0.2, 0) is 4.74 Å². The van der Waals surface area contributed by atoms with Crippen molar-refractivity contribution < 1.29 is 18.9 Å². The topological polar surface area (TPSA) is 36.9 Å². The van der Waals surface area contributed by atoms with E-state index in [1.54, 1.807) is 0 Å². The van der Waals surface area contributed by atoms with Crippen molar-refractivity contribution in [3.8, 4) is 28.4 Å². The fourth-order valence-corrected chi connectivity index (χ4v) is 2.76. The van der Waals surface area contributed by atoms with Crippen LogP contribution < -0.4 is 14.2 Å². The average Bonchev–Trinajstić information content (AvgIpc) is 3.04. The van der Waals surface area contributed by atoms with Crippen LogP contribution in [0.15, 0.2) is 42.5 Å². The third kappa shape index (κ3) is 2.74. The van der Waals surface area contributed by atoms with E-state index in [0.29, 0.717) is 6.79 Å². The molecule has 1 fully saturated rings. The standard InChI is InChI=1S/C18H18O4/c1-2-10-19-18(3-1)22-15-7-4-13(5-8-15)14-6-9-16-17(11-14)21-12-20-16/h4-9,11,18H,1-3,10,12H2. The molecular formula is C18H18O4. The molecule has 2 aromatic carbocycles. The smallest absolute Gasteiger partial charge is 0.231 e. The second-order valence-electron chi connectivity index (χ2n) is 5.51. The van der Waals surface area contributed by atoms with E-state index in [1.165, 1.54) is 6.42 Å². The van der Waals surface area contributed by atoms with Crippen LogP contribution in [0.25, 0.3) is 11.1 Å². The summed E-state index contributed by atoms with van der Waals surface area (Å²) in [5.74, 6) is 2.45. The molecule has 0 radical (unpaired) electrons. The second-order valence-corrected chi connectivity index (χ2v) is 5.51. The van der Waals surface area contributed by atoms with Crippen molar-refractivity contribution in [2.45, 2.75) is 25.6 Å². The Morgan fingerprint density at radius 3 is 2.50 bits per heavy atom. The Hall–Kier alpha value is -2.20. The number of benzene rings is 2. The van der Waals surface area contributed by atoms with Gasteiger partial charge in [0.05, 0.1) is 6.61 Å². The monoisotopic (exact) mass is 298 g/mol. The van der Waals surface area contributed by atoms with Gasteiger partial charge in [0.15, 0.2) is 17.8 Å². The highest BCUT2D eigenvalue weighted by Crippen LogP contribution is 2.36. The molecule has 4 nitrogen and oxygen atoms in total. The van der Waals surface area contributed by atoms with Gasteiger partial charge in [0.2, 0.25) is 6.79 Å². The third-order valence-corrected chi connectivity index (χ3v) is 3.97. The summed E-state index contributed by atoms with van der Waals surface area (Å²) in [5.41, 5.74) is 2.22. The van der Waals surface area contributed by atoms with E-state index >= 15 is 0 Å². The molecule has 0 saturated carbocycles. The van der Waals surface area contributed by atoms with Crippen molar-refractivity contribution in [2.24, 2.45) is 0 Å². The summed E-state index contributed by atoms with van der Waals surface area (Å²) in [7, 11) is 0. The average molecular weight is 298 g/mol. The molecule has 2 aliphatic heterocycles. The van der Waals surface area contributed by atoms with Crippen LogP contribution in [0.4, 0.5) is 0 Å². The highest BCUT2D eigenvalue weighted by Gasteiger charge is 2.16. The van der Waals surface area contributed by atoms with E-state index < -0.39 is 0 Å². The lowest BCUT2D eigenvalue weighted by atomic mass is 10.1. The fourth-order valence-electron chi connectivity index (χ4n) is 2.76. The van der Waals surface area contributed by atoms with E-state index in [2.05, 4.69) is 12.1 Å². The predicted octanol–water partition coefficient (Wildman–Crippen LogP) is 3.99. The first kappa shape index (κ1) is 13.5. The maximum atomic E-state index is 5.85. The van der Waals surface area contributed by atoms with Crippen molar-refractivity contribution in [1.29, 1.82) is 0 Å². The van der Waals surface area contributed by atoms with Crippen LogP contribution in [0.1, 0.15) is 19.3 Å². The van der Waals surface area contributed by atoms with Gasteiger partial charge in [-0.3, -0.25) is 0 Å². The third-order valence-electron chi connectivity index (χ3n) is 3.97. The first-order valence-corrected chi connectivity index (χ1v) is 7.67. The number of rotatable bonds is 3. The van der Waals surface area contributed by atoms with Crippen LogP contribution >= 0.6 is 0 Å². The van der Waals surface area contributed by atoms with E-state index in [4.69, 9.17) is 18.9 Å². The molecule has 0 amide bonds. The van der Waals surface area contributed by atoms with Crippen molar-refractivity contribution in [3.63, 3.8) is 0 Å². The highest BCUT2D eigenvalue weighted by atomic mass is 16.7. The van der Waals surface area contributed by atoms with E-state index in [9.17, 15) is 0 Å². The molecule has 0 spiro atoms. The first-order chi connectivity index (χ1) is 10.9. The largest absolute Gasteiger partial charge is 0.465 e. The van der Waals surface area contributed by atoms with Crippen LogP contribution in [0.5, 0.6) is 17.2 Å². The number of hydrogen-bond donors (Lipinski definition) is 0. The summed E-state index contributed by atoms with van der Waals surface area (Å²) in [6, 6.07) is 14.1. The zero-order chi connectivity index (χ0) is 14.8. The lowest BCUT2D eigenvalue weighted by Gasteiger charge is -2.23. The van der Waals surface area contributed by atoms with Crippen LogP contribution in [0, 0.1) is 0 Å². The molecule has 2 aromatic rings. The van der Waals surface area contributed by atoms with Gasteiger partial charge in [-0.1, -0.05) is 18.2 Å². The molecule has 0 aliphatic carbocycles. The van der Waals surface area contributed by atoms with Crippen LogP contribution in [-0.4, -0.2) is 19.7 Å². The molecule has 4 heteroatoms. The van der Waals surface area contributed by atoms with E-state index in [-0.39, 0.29) is 6.29 Å². The molecule has 0 bridgehead atoms. The Bertz CT molecular complexity index is 645. The fraction of sp³-hybridized carbons (Fsp3) is 0.333. The van der Waals surface area contributed by atoms with Gasteiger partial charge in [-0.2, -0.15) is 0 Å². The van der Waals surface area contributed by atoms with Gasteiger partial charge in [-0.15, -0.1) is 0 Å². The van der Waals surface area contributed by atoms with Crippen molar-refractivity contribution in [3.05, 3.63) is 42.5 Å². The highest BCUT2D eigenvalue weighted by molar-refractivity contribution is 5.68.